The normalized spacial score (nSPS) is 23.0. The first-order valence-electron chi connectivity index (χ1n) is 7.23. The number of piperidine rings is 1. The van der Waals surface area contributed by atoms with Gasteiger partial charge in [0.25, 0.3) is 0 Å². The molecule has 1 saturated heterocycles. The molecule has 0 saturated carbocycles. The number of likely N-dealkylation sites (tertiary alicyclic amines) is 1. The molecule has 1 aliphatic rings. The van der Waals surface area contributed by atoms with Gasteiger partial charge in [0.05, 0.1) is 11.1 Å². The number of nitrogens with two attached hydrogens (primary N) is 1. The third-order valence-electron chi connectivity index (χ3n) is 4.11. The van der Waals surface area contributed by atoms with Crippen molar-refractivity contribution in [3.05, 3.63) is 34.9 Å². The van der Waals surface area contributed by atoms with Crippen LogP contribution in [0.25, 0.3) is 0 Å². The summed E-state index contributed by atoms with van der Waals surface area (Å²) in [5.41, 5.74) is 3.33. The van der Waals surface area contributed by atoms with E-state index in [2.05, 4.69) is 0 Å². The standard InChI is InChI=1S/C15H18F6N2.ClH/c1-9-7-23(3-2-13(9)22)8-10-4-11(14(16,17)18)6-12(5-10)15(19,20)21;/h4-6,9,13H,2-3,7-8,22H2,1H3;1H. The molecule has 1 aliphatic heterocycles. The smallest absolute Gasteiger partial charge is 0.327 e. The van der Waals surface area contributed by atoms with Crippen molar-refractivity contribution in [1.29, 1.82) is 0 Å². The first-order valence-corrected chi connectivity index (χ1v) is 7.23. The molecule has 0 bridgehead atoms. The van der Waals surface area contributed by atoms with Crippen LogP contribution < -0.4 is 5.73 Å². The zero-order valence-corrected chi connectivity index (χ0v) is 13.7. The van der Waals surface area contributed by atoms with E-state index < -0.39 is 23.5 Å². The highest BCUT2D eigenvalue weighted by atomic mass is 35.5. The first-order chi connectivity index (χ1) is 10.5. The summed E-state index contributed by atoms with van der Waals surface area (Å²) >= 11 is 0. The Kier molecular flexibility index (Phi) is 6.57. The van der Waals surface area contributed by atoms with Gasteiger partial charge in [-0.2, -0.15) is 26.3 Å². The van der Waals surface area contributed by atoms with E-state index in [1.165, 1.54) is 0 Å². The number of hydrogen-bond donors (Lipinski definition) is 1. The molecular weight excluding hydrogens is 358 g/mol. The maximum Gasteiger partial charge on any atom is 0.416 e. The van der Waals surface area contributed by atoms with Gasteiger partial charge in [-0.1, -0.05) is 6.92 Å². The third-order valence-corrected chi connectivity index (χ3v) is 4.11. The molecule has 2 unspecified atom stereocenters. The summed E-state index contributed by atoms with van der Waals surface area (Å²) in [5, 5.41) is 0. The van der Waals surface area contributed by atoms with Crippen LogP contribution in [-0.4, -0.2) is 24.0 Å². The minimum absolute atomic E-state index is 0. The highest BCUT2D eigenvalue weighted by Gasteiger charge is 2.37. The fraction of sp³-hybridized carbons (Fsp3) is 0.600. The number of hydrogen-bond acceptors (Lipinski definition) is 2. The molecule has 24 heavy (non-hydrogen) atoms. The predicted octanol–water partition coefficient (Wildman–Crippen LogP) is 4.32. The predicted molar refractivity (Wildman–Crippen MR) is 80.7 cm³/mol. The average Bonchev–Trinajstić information content (AvgIpc) is 2.41. The summed E-state index contributed by atoms with van der Waals surface area (Å²) in [7, 11) is 0. The van der Waals surface area contributed by atoms with Crippen molar-refractivity contribution < 1.29 is 26.3 Å². The Labute approximate surface area is 142 Å². The molecular formula is C15H19ClF6N2. The van der Waals surface area contributed by atoms with Crippen molar-refractivity contribution >= 4 is 12.4 Å². The Morgan fingerprint density at radius 1 is 1.04 bits per heavy atom. The van der Waals surface area contributed by atoms with E-state index in [1.54, 1.807) is 0 Å². The van der Waals surface area contributed by atoms with Crippen molar-refractivity contribution in [2.45, 2.75) is 38.3 Å². The van der Waals surface area contributed by atoms with E-state index in [4.69, 9.17) is 5.73 Å². The Morgan fingerprint density at radius 2 is 1.54 bits per heavy atom. The maximum absolute atomic E-state index is 12.8. The second-order valence-corrected chi connectivity index (χ2v) is 6.08. The van der Waals surface area contributed by atoms with Crippen LogP contribution in [0, 0.1) is 5.92 Å². The lowest BCUT2D eigenvalue weighted by atomic mass is 9.94. The van der Waals surface area contributed by atoms with Gasteiger partial charge in [0.15, 0.2) is 0 Å². The van der Waals surface area contributed by atoms with Crippen LogP contribution in [0.4, 0.5) is 26.3 Å². The van der Waals surface area contributed by atoms with E-state index in [0.29, 0.717) is 19.5 Å². The van der Waals surface area contributed by atoms with Gasteiger partial charge in [-0.15, -0.1) is 12.4 Å². The molecule has 1 fully saturated rings. The Balaban J connectivity index is 0.00000288. The van der Waals surface area contributed by atoms with Gasteiger partial charge in [-0.05, 0) is 42.6 Å². The van der Waals surface area contributed by atoms with Crippen molar-refractivity contribution in [1.82, 2.24) is 4.90 Å². The highest BCUT2D eigenvalue weighted by molar-refractivity contribution is 5.85. The van der Waals surface area contributed by atoms with E-state index in [-0.39, 0.29) is 42.5 Å². The van der Waals surface area contributed by atoms with E-state index >= 15 is 0 Å². The van der Waals surface area contributed by atoms with Gasteiger partial charge in [0.1, 0.15) is 0 Å². The Morgan fingerprint density at radius 3 is 1.96 bits per heavy atom. The molecule has 138 valence electrons. The molecule has 0 aromatic heterocycles. The van der Waals surface area contributed by atoms with Gasteiger partial charge >= 0.3 is 12.4 Å². The largest absolute Gasteiger partial charge is 0.416 e. The van der Waals surface area contributed by atoms with Crippen molar-refractivity contribution in [2.24, 2.45) is 11.7 Å². The maximum atomic E-state index is 12.8. The number of halogens is 7. The van der Waals surface area contributed by atoms with Crippen molar-refractivity contribution in [2.75, 3.05) is 13.1 Å². The van der Waals surface area contributed by atoms with Crippen LogP contribution in [0.2, 0.25) is 0 Å². The highest BCUT2D eigenvalue weighted by Crippen LogP contribution is 2.36. The van der Waals surface area contributed by atoms with Gasteiger partial charge in [0.2, 0.25) is 0 Å². The average molecular weight is 377 g/mol. The SMILES string of the molecule is CC1CN(Cc2cc(C(F)(F)F)cc(C(F)(F)F)c2)CCC1N.Cl. The second-order valence-electron chi connectivity index (χ2n) is 6.08. The monoisotopic (exact) mass is 376 g/mol. The zero-order chi connectivity index (χ0) is 17.4. The molecule has 2 atom stereocenters. The lowest BCUT2D eigenvalue weighted by molar-refractivity contribution is -0.143. The van der Waals surface area contributed by atoms with Gasteiger partial charge < -0.3 is 5.73 Å². The van der Waals surface area contributed by atoms with Crippen LogP contribution in [0.3, 0.4) is 0 Å². The molecule has 2 N–H and O–H groups in total. The molecule has 0 aliphatic carbocycles. The minimum atomic E-state index is -4.81. The first kappa shape index (κ1) is 21.1. The summed E-state index contributed by atoms with van der Waals surface area (Å²) in [5.74, 6) is 0.150. The van der Waals surface area contributed by atoms with Crippen molar-refractivity contribution in [3.63, 3.8) is 0 Å². The van der Waals surface area contributed by atoms with E-state index in [1.807, 2.05) is 11.8 Å². The van der Waals surface area contributed by atoms with Crippen LogP contribution in [-0.2, 0) is 18.9 Å². The fourth-order valence-electron chi connectivity index (χ4n) is 2.76. The molecule has 0 radical (unpaired) electrons. The zero-order valence-electron chi connectivity index (χ0n) is 12.9. The molecule has 1 aromatic carbocycles. The third kappa shape index (κ3) is 5.26. The Bertz CT molecular complexity index is 526. The summed E-state index contributed by atoms with van der Waals surface area (Å²) in [6.07, 6.45) is -8.95. The fourth-order valence-corrected chi connectivity index (χ4v) is 2.76. The topological polar surface area (TPSA) is 29.3 Å². The van der Waals surface area contributed by atoms with E-state index in [9.17, 15) is 26.3 Å². The number of benzene rings is 1. The summed E-state index contributed by atoms with van der Waals surface area (Å²) in [6.45, 7) is 3.08. The van der Waals surface area contributed by atoms with Crippen LogP contribution in [0.5, 0.6) is 0 Å². The number of rotatable bonds is 2. The molecule has 1 heterocycles. The number of alkyl halides is 6. The molecule has 1 aromatic rings. The van der Waals surface area contributed by atoms with Gasteiger partial charge in [0, 0.05) is 19.1 Å². The molecule has 2 nitrogen and oxygen atoms in total. The van der Waals surface area contributed by atoms with Gasteiger partial charge in [-0.3, -0.25) is 4.90 Å². The van der Waals surface area contributed by atoms with Crippen LogP contribution >= 0.6 is 12.4 Å². The lowest BCUT2D eigenvalue weighted by Crippen LogP contribution is -2.45. The Hall–Kier alpha value is -0.990. The number of nitrogens with zero attached hydrogens (tertiary/aromatic N) is 1. The second kappa shape index (κ2) is 7.49. The summed E-state index contributed by atoms with van der Waals surface area (Å²) < 4.78 is 77.0. The summed E-state index contributed by atoms with van der Waals surface area (Å²) in [6, 6.07) is 1.74. The van der Waals surface area contributed by atoms with Gasteiger partial charge in [-0.25, -0.2) is 0 Å². The quantitative estimate of drug-likeness (QED) is 0.779. The minimum Gasteiger partial charge on any atom is -0.327 e. The van der Waals surface area contributed by atoms with Crippen LogP contribution in [0.15, 0.2) is 18.2 Å². The molecule has 0 spiro atoms. The molecule has 9 heteroatoms. The van der Waals surface area contributed by atoms with Crippen LogP contribution in [0.1, 0.15) is 30.0 Å². The van der Waals surface area contributed by atoms with E-state index in [0.717, 1.165) is 12.1 Å². The lowest BCUT2D eigenvalue weighted by Gasteiger charge is -2.35. The molecule has 0 amide bonds. The van der Waals surface area contributed by atoms with Crippen molar-refractivity contribution in [3.8, 4) is 0 Å². The summed E-state index contributed by atoms with van der Waals surface area (Å²) in [4.78, 5) is 1.84. The molecule has 2 rings (SSSR count).